The highest BCUT2D eigenvalue weighted by Crippen LogP contribution is 2.22. The Hall–Kier alpha value is -1.75. The lowest BCUT2D eigenvalue weighted by Crippen LogP contribution is -2.42. The first-order valence-corrected chi connectivity index (χ1v) is 6.74. The van der Waals surface area contributed by atoms with E-state index in [0.717, 1.165) is 25.9 Å². The van der Waals surface area contributed by atoms with Crippen LogP contribution in [0, 0.1) is 0 Å². The van der Waals surface area contributed by atoms with Gasteiger partial charge in [0.2, 0.25) is 0 Å². The van der Waals surface area contributed by atoms with Gasteiger partial charge >= 0.3 is 0 Å². The highest BCUT2D eigenvalue weighted by Gasteiger charge is 2.17. The van der Waals surface area contributed by atoms with Crippen LogP contribution >= 0.6 is 0 Å². The van der Waals surface area contributed by atoms with Crippen LogP contribution in [0.15, 0.2) is 18.2 Å². The number of nitrogens with one attached hydrogen (secondary N) is 2. The van der Waals surface area contributed by atoms with Crippen molar-refractivity contribution in [2.45, 2.75) is 25.8 Å². The quantitative estimate of drug-likeness (QED) is 0.712. The molecule has 4 N–H and O–H groups in total. The number of piperidine rings is 1. The average Bonchev–Trinajstić information content (AvgIpc) is 2.42. The number of nitrogen functional groups attached to an aromatic ring is 1. The van der Waals surface area contributed by atoms with Crippen LogP contribution in [-0.4, -0.2) is 31.6 Å². The molecule has 5 heteroatoms. The molecule has 0 radical (unpaired) electrons. The summed E-state index contributed by atoms with van der Waals surface area (Å²) in [5.74, 6) is 0.508. The van der Waals surface area contributed by atoms with Crippen molar-refractivity contribution in [1.82, 2.24) is 10.6 Å². The van der Waals surface area contributed by atoms with Crippen LogP contribution in [0.5, 0.6) is 5.75 Å². The van der Waals surface area contributed by atoms with Crippen molar-refractivity contribution in [2.24, 2.45) is 0 Å². The molecular formula is C14H21N3O2. The molecule has 104 valence electrons. The standard InChI is InChI=1S/C14H21N3O2/c1-2-19-13-9-10(3-4-12(13)15)14(18)17-11-5-7-16-8-6-11/h3-4,9,11,16H,2,5-8,15H2,1H3,(H,17,18). The number of amides is 1. The van der Waals surface area contributed by atoms with E-state index in [1.165, 1.54) is 0 Å². The van der Waals surface area contributed by atoms with E-state index in [4.69, 9.17) is 10.5 Å². The second kappa shape index (κ2) is 6.43. The first-order valence-electron chi connectivity index (χ1n) is 6.74. The van der Waals surface area contributed by atoms with Gasteiger partial charge in [0.25, 0.3) is 5.91 Å². The Bertz CT molecular complexity index is 442. The van der Waals surface area contributed by atoms with Crippen molar-refractivity contribution in [3.8, 4) is 5.75 Å². The predicted molar refractivity (Wildman–Crippen MR) is 75.4 cm³/mol. The van der Waals surface area contributed by atoms with Gasteiger partial charge in [0, 0.05) is 11.6 Å². The van der Waals surface area contributed by atoms with E-state index >= 15 is 0 Å². The summed E-state index contributed by atoms with van der Waals surface area (Å²) < 4.78 is 5.40. The minimum Gasteiger partial charge on any atom is -0.492 e. The monoisotopic (exact) mass is 263 g/mol. The summed E-state index contributed by atoms with van der Waals surface area (Å²) in [6.45, 7) is 4.33. The first-order chi connectivity index (χ1) is 9.20. The summed E-state index contributed by atoms with van der Waals surface area (Å²) in [4.78, 5) is 12.2. The van der Waals surface area contributed by atoms with Crippen molar-refractivity contribution >= 4 is 11.6 Å². The second-order valence-corrected chi connectivity index (χ2v) is 4.68. The average molecular weight is 263 g/mol. The van der Waals surface area contributed by atoms with Gasteiger partial charge in [0.05, 0.1) is 12.3 Å². The van der Waals surface area contributed by atoms with Crippen LogP contribution < -0.4 is 21.1 Å². The van der Waals surface area contributed by atoms with Crippen LogP contribution in [0.1, 0.15) is 30.1 Å². The lowest BCUT2D eigenvalue weighted by atomic mass is 10.1. The molecule has 0 atom stereocenters. The number of hydrogen-bond donors (Lipinski definition) is 3. The minimum atomic E-state index is -0.0622. The fourth-order valence-electron chi connectivity index (χ4n) is 2.19. The van der Waals surface area contributed by atoms with Crippen LogP contribution in [0.25, 0.3) is 0 Å². The molecule has 0 spiro atoms. The molecule has 0 bridgehead atoms. The van der Waals surface area contributed by atoms with E-state index in [1.807, 2.05) is 6.92 Å². The third-order valence-electron chi connectivity index (χ3n) is 3.25. The Morgan fingerprint density at radius 2 is 2.21 bits per heavy atom. The molecule has 1 amide bonds. The molecule has 1 heterocycles. The zero-order chi connectivity index (χ0) is 13.7. The molecule has 1 saturated heterocycles. The Balaban J connectivity index is 2.03. The highest BCUT2D eigenvalue weighted by atomic mass is 16.5. The number of anilines is 1. The molecule has 5 nitrogen and oxygen atoms in total. The summed E-state index contributed by atoms with van der Waals surface area (Å²) in [7, 11) is 0. The van der Waals surface area contributed by atoms with Gasteiger partial charge in [-0.05, 0) is 51.1 Å². The molecular weight excluding hydrogens is 242 g/mol. The molecule has 1 aliphatic heterocycles. The van der Waals surface area contributed by atoms with Crippen molar-refractivity contribution in [1.29, 1.82) is 0 Å². The fourth-order valence-corrected chi connectivity index (χ4v) is 2.19. The molecule has 2 rings (SSSR count). The molecule has 0 aliphatic carbocycles. The van der Waals surface area contributed by atoms with Crippen molar-refractivity contribution < 1.29 is 9.53 Å². The predicted octanol–water partition coefficient (Wildman–Crippen LogP) is 1.15. The van der Waals surface area contributed by atoms with E-state index < -0.39 is 0 Å². The largest absolute Gasteiger partial charge is 0.492 e. The van der Waals surface area contributed by atoms with Crippen LogP contribution in [0.2, 0.25) is 0 Å². The smallest absolute Gasteiger partial charge is 0.251 e. The van der Waals surface area contributed by atoms with Crippen LogP contribution in [-0.2, 0) is 0 Å². The van der Waals surface area contributed by atoms with Crippen molar-refractivity contribution in [2.75, 3.05) is 25.4 Å². The Labute approximate surface area is 113 Å². The molecule has 19 heavy (non-hydrogen) atoms. The number of hydrogen-bond acceptors (Lipinski definition) is 4. The Morgan fingerprint density at radius 3 is 2.89 bits per heavy atom. The number of carbonyl (C=O) groups excluding carboxylic acids is 1. The maximum absolute atomic E-state index is 12.2. The fraction of sp³-hybridized carbons (Fsp3) is 0.500. The van der Waals surface area contributed by atoms with E-state index in [-0.39, 0.29) is 11.9 Å². The zero-order valence-corrected chi connectivity index (χ0v) is 11.2. The molecule has 1 fully saturated rings. The van der Waals surface area contributed by atoms with Gasteiger partial charge in [-0.1, -0.05) is 0 Å². The second-order valence-electron chi connectivity index (χ2n) is 4.68. The maximum Gasteiger partial charge on any atom is 0.251 e. The summed E-state index contributed by atoms with van der Waals surface area (Å²) in [5.41, 5.74) is 6.94. The third-order valence-corrected chi connectivity index (χ3v) is 3.25. The van der Waals surface area contributed by atoms with Gasteiger partial charge in [-0.2, -0.15) is 0 Å². The first kappa shape index (κ1) is 13.7. The zero-order valence-electron chi connectivity index (χ0n) is 11.2. The number of carbonyl (C=O) groups is 1. The molecule has 1 aliphatic rings. The van der Waals surface area contributed by atoms with E-state index in [1.54, 1.807) is 18.2 Å². The maximum atomic E-state index is 12.2. The number of benzene rings is 1. The van der Waals surface area contributed by atoms with Crippen molar-refractivity contribution in [3.63, 3.8) is 0 Å². The molecule has 1 aromatic rings. The van der Waals surface area contributed by atoms with E-state index in [2.05, 4.69) is 10.6 Å². The topological polar surface area (TPSA) is 76.4 Å². The van der Waals surface area contributed by atoms with Gasteiger partial charge in [-0.25, -0.2) is 0 Å². The van der Waals surface area contributed by atoms with Gasteiger partial charge in [-0.15, -0.1) is 0 Å². The number of ether oxygens (including phenoxy) is 1. The summed E-state index contributed by atoms with van der Waals surface area (Å²) >= 11 is 0. The Kier molecular flexibility index (Phi) is 4.63. The molecule has 0 unspecified atom stereocenters. The lowest BCUT2D eigenvalue weighted by molar-refractivity contribution is 0.0929. The van der Waals surface area contributed by atoms with Crippen molar-refractivity contribution in [3.05, 3.63) is 23.8 Å². The summed E-state index contributed by atoms with van der Waals surface area (Å²) in [6.07, 6.45) is 1.94. The number of nitrogens with two attached hydrogens (primary N) is 1. The molecule has 0 saturated carbocycles. The SMILES string of the molecule is CCOc1cc(C(=O)NC2CCNCC2)ccc1N. The highest BCUT2D eigenvalue weighted by molar-refractivity contribution is 5.95. The number of rotatable bonds is 4. The van der Waals surface area contributed by atoms with Crippen LogP contribution in [0.3, 0.4) is 0 Å². The van der Waals surface area contributed by atoms with E-state index in [0.29, 0.717) is 23.6 Å². The van der Waals surface area contributed by atoms with Gasteiger partial charge in [0.1, 0.15) is 5.75 Å². The van der Waals surface area contributed by atoms with Gasteiger partial charge in [-0.3, -0.25) is 4.79 Å². The summed E-state index contributed by atoms with van der Waals surface area (Å²) in [6, 6.07) is 5.40. The third kappa shape index (κ3) is 3.61. The minimum absolute atomic E-state index is 0.0622. The van der Waals surface area contributed by atoms with Gasteiger partial charge in [0.15, 0.2) is 0 Å². The lowest BCUT2D eigenvalue weighted by Gasteiger charge is -2.23. The normalized spacial score (nSPS) is 16.1. The molecule has 1 aromatic carbocycles. The summed E-state index contributed by atoms with van der Waals surface area (Å²) in [5, 5.41) is 6.32. The van der Waals surface area contributed by atoms with Crippen LogP contribution in [0.4, 0.5) is 5.69 Å². The van der Waals surface area contributed by atoms with E-state index in [9.17, 15) is 4.79 Å². The van der Waals surface area contributed by atoms with Gasteiger partial charge < -0.3 is 21.1 Å². The Morgan fingerprint density at radius 1 is 1.47 bits per heavy atom. The molecule has 0 aromatic heterocycles.